The van der Waals surface area contributed by atoms with Crippen molar-refractivity contribution in [3.8, 4) is 0 Å². The van der Waals surface area contributed by atoms with E-state index in [0.717, 1.165) is 12.8 Å². The van der Waals surface area contributed by atoms with E-state index in [4.69, 9.17) is 0 Å². The van der Waals surface area contributed by atoms with Crippen LogP contribution in [0.15, 0.2) is 18.6 Å². The average Bonchev–Trinajstić information content (AvgIpc) is 2.93. The third-order valence-electron chi connectivity index (χ3n) is 3.58. The summed E-state index contributed by atoms with van der Waals surface area (Å²) in [5.74, 6) is -0.285. The Morgan fingerprint density at radius 3 is 2.71 bits per heavy atom. The average molecular weight is 290 g/mol. The van der Waals surface area contributed by atoms with E-state index in [1.807, 2.05) is 13.8 Å². The maximum atomic E-state index is 12.3. The number of H-pyrrole nitrogens is 1. The SMILES string of the molecule is CCCC(O)(CCC)CNC(=O)c1ncnc2[nH]ccc12. The van der Waals surface area contributed by atoms with E-state index in [2.05, 4.69) is 20.3 Å². The van der Waals surface area contributed by atoms with Crippen LogP contribution < -0.4 is 5.32 Å². The highest BCUT2D eigenvalue weighted by Crippen LogP contribution is 2.19. The number of carbonyl (C=O) groups is 1. The zero-order chi connectivity index (χ0) is 15.3. The zero-order valence-corrected chi connectivity index (χ0v) is 12.5. The van der Waals surface area contributed by atoms with Gasteiger partial charge in [0.15, 0.2) is 0 Å². The van der Waals surface area contributed by atoms with E-state index in [1.54, 1.807) is 12.3 Å². The molecule has 0 radical (unpaired) electrons. The molecule has 2 rings (SSSR count). The third-order valence-corrected chi connectivity index (χ3v) is 3.58. The van der Waals surface area contributed by atoms with Crippen molar-refractivity contribution in [3.05, 3.63) is 24.3 Å². The fourth-order valence-electron chi connectivity index (χ4n) is 2.61. The summed E-state index contributed by atoms with van der Waals surface area (Å²) in [5, 5.41) is 14.0. The normalized spacial score (nSPS) is 11.8. The molecular formula is C15H22N4O2. The van der Waals surface area contributed by atoms with Crippen molar-refractivity contribution in [1.82, 2.24) is 20.3 Å². The van der Waals surface area contributed by atoms with E-state index in [9.17, 15) is 9.90 Å². The summed E-state index contributed by atoms with van der Waals surface area (Å²) in [6.45, 7) is 4.29. The molecule has 0 aliphatic heterocycles. The predicted octanol–water partition coefficient (Wildman–Crippen LogP) is 2.02. The largest absolute Gasteiger partial charge is 0.388 e. The molecule has 114 valence electrons. The summed E-state index contributed by atoms with van der Waals surface area (Å²) >= 11 is 0. The number of rotatable bonds is 7. The Balaban J connectivity index is 2.09. The highest BCUT2D eigenvalue weighted by molar-refractivity contribution is 6.03. The van der Waals surface area contributed by atoms with Crippen LogP contribution in [0.25, 0.3) is 11.0 Å². The smallest absolute Gasteiger partial charge is 0.270 e. The van der Waals surface area contributed by atoms with Crippen molar-refractivity contribution < 1.29 is 9.90 Å². The van der Waals surface area contributed by atoms with Crippen LogP contribution >= 0.6 is 0 Å². The third kappa shape index (κ3) is 3.58. The molecule has 0 saturated carbocycles. The first-order chi connectivity index (χ1) is 10.1. The van der Waals surface area contributed by atoms with E-state index >= 15 is 0 Å². The minimum atomic E-state index is -0.844. The van der Waals surface area contributed by atoms with Crippen molar-refractivity contribution in [1.29, 1.82) is 0 Å². The Bertz CT molecular complexity index is 602. The summed E-state index contributed by atoms with van der Waals surface area (Å²) < 4.78 is 0. The van der Waals surface area contributed by atoms with Gasteiger partial charge in [-0.05, 0) is 18.9 Å². The van der Waals surface area contributed by atoms with Crippen LogP contribution in [0.2, 0.25) is 0 Å². The molecule has 21 heavy (non-hydrogen) atoms. The highest BCUT2D eigenvalue weighted by atomic mass is 16.3. The molecular weight excluding hydrogens is 268 g/mol. The van der Waals surface area contributed by atoms with Crippen molar-refractivity contribution in [2.24, 2.45) is 0 Å². The number of nitrogens with zero attached hydrogens (tertiary/aromatic N) is 2. The lowest BCUT2D eigenvalue weighted by Gasteiger charge is -2.27. The molecule has 0 saturated heterocycles. The Morgan fingerprint density at radius 2 is 2.05 bits per heavy atom. The molecule has 2 aromatic rings. The summed E-state index contributed by atoms with van der Waals surface area (Å²) in [7, 11) is 0. The van der Waals surface area contributed by atoms with Gasteiger partial charge in [0, 0.05) is 12.7 Å². The molecule has 2 heterocycles. The summed E-state index contributed by atoms with van der Waals surface area (Å²) in [4.78, 5) is 23.3. The maximum absolute atomic E-state index is 12.3. The number of aliphatic hydroxyl groups is 1. The number of fused-ring (bicyclic) bond motifs is 1. The van der Waals surface area contributed by atoms with Gasteiger partial charge in [-0.1, -0.05) is 26.7 Å². The van der Waals surface area contributed by atoms with Crippen LogP contribution in [0, 0.1) is 0 Å². The van der Waals surface area contributed by atoms with Gasteiger partial charge < -0.3 is 15.4 Å². The van der Waals surface area contributed by atoms with Crippen molar-refractivity contribution in [3.63, 3.8) is 0 Å². The van der Waals surface area contributed by atoms with E-state index in [-0.39, 0.29) is 12.5 Å². The summed E-state index contributed by atoms with van der Waals surface area (Å²) in [6.07, 6.45) is 6.18. The highest BCUT2D eigenvalue weighted by Gasteiger charge is 2.26. The van der Waals surface area contributed by atoms with Crippen LogP contribution in [-0.2, 0) is 0 Å². The first-order valence-electron chi connectivity index (χ1n) is 7.38. The number of hydrogen-bond acceptors (Lipinski definition) is 4. The van der Waals surface area contributed by atoms with Crippen LogP contribution in [0.4, 0.5) is 0 Å². The standard InChI is InChI=1S/C15H22N4O2/c1-3-6-15(21,7-4-2)9-17-14(20)12-11-5-8-16-13(11)19-10-18-12/h5,8,10,21H,3-4,6-7,9H2,1-2H3,(H,17,20)(H,16,18,19). The van der Waals surface area contributed by atoms with Gasteiger partial charge in [-0.3, -0.25) is 4.79 Å². The zero-order valence-electron chi connectivity index (χ0n) is 12.5. The Labute approximate surface area is 124 Å². The van der Waals surface area contributed by atoms with Crippen LogP contribution in [-0.4, -0.2) is 38.1 Å². The molecule has 0 bridgehead atoms. The predicted molar refractivity (Wildman–Crippen MR) is 81.0 cm³/mol. The first kappa shape index (κ1) is 15.4. The molecule has 0 atom stereocenters. The monoisotopic (exact) mass is 290 g/mol. The molecule has 6 nitrogen and oxygen atoms in total. The Hall–Kier alpha value is -1.95. The van der Waals surface area contributed by atoms with Gasteiger partial charge >= 0.3 is 0 Å². The molecule has 2 aromatic heterocycles. The summed E-state index contributed by atoms with van der Waals surface area (Å²) in [6, 6.07) is 1.77. The van der Waals surface area contributed by atoms with Crippen molar-refractivity contribution in [2.45, 2.75) is 45.1 Å². The number of amides is 1. The Morgan fingerprint density at radius 1 is 1.33 bits per heavy atom. The lowest BCUT2D eigenvalue weighted by atomic mass is 9.92. The minimum absolute atomic E-state index is 0.240. The molecule has 0 unspecified atom stereocenters. The molecule has 1 amide bonds. The van der Waals surface area contributed by atoms with E-state index in [0.29, 0.717) is 29.6 Å². The van der Waals surface area contributed by atoms with Gasteiger partial charge in [0.05, 0.1) is 11.0 Å². The number of aromatic nitrogens is 3. The van der Waals surface area contributed by atoms with Crippen LogP contribution in [0.3, 0.4) is 0 Å². The summed E-state index contributed by atoms with van der Waals surface area (Å²) in [5.41, 5.74) is 0.118. The van der Waals surface area contributed by atoms with Crippen molar-refractivity contribution in [2.75, 3.05) is 6.54 Å². The molecule has 3 N–H and O–H groups in total. The van der Waals surface area contributed by atoms with Crippen molar-refractivity contribution >= 4 is 16.9 Å². The van der Waals surface area contributed by atoms with Crippen LogP contribution in [0.1, 0.15) is 50.0 Å². The van der Waals surface area contributed by atoms with Gasteiger partial charge in [0.2, 0.25) is 0 Å². The first-order valence-corrected chi connectivity index (χ1v) is 7.38. The van der Waals surface area contributed by atoms with Gasteiger partial charge in [0.1, 0.15) is 17.7 Å². The topological polar surface area (TPSA) is 90.9 Å². The van der Waals surface area contributed by atoms with E-state index in [1.165, 1.54) is 6.33 Å². The molecule has 0 aromatic carbocycles. The number of nitrogens with one attached hydrogen (secondary N) is 2. The molecule has 6 heteroatoms. The second-order valence-electron chi connectivity index (χ2n) is 5.37. The van der Waals surface area contributed by atoms with E-state index < -0.39 is 5.60 Å². The Kier molecular flexibility index (Phi) is 4.90. The number of aromatic amines is 1. The number of carbonyl (C=O) groups excluding carboxylic acids is 1. The quantitative estimate of drug-likeness (QED) is 0.727. The van der Waals surface area contributed by atoms with Gasteiger partial charge in [-0.25, -0.2) is 9.97 Å². The van der Waals surface area contributed by atoms with Gasteiger partial charge in [0.25, 0.3) is 5.91 Å². The molecule has 0 aliphatic rings. The maximum Gasteiger partial charge on any atom is 0.270 e. The second kappa shape index (κ2) is 6.67. The van der Waals surface area contributed by atoms with Gasteiger partial charge in [-0.2, -0.15) is 0 Å². The van der Waals surface area contributed by atoms with Crippen LogP contribution in [0.5, 0.6) is 0 Å². The molecule has 0 aliphatic carbocycles. The fraction of sp³-hybridized carbons (Fsp3) is 0.533. The lowest BCUT2D eigenvalue weighted by Crippen LogP contribution is -2.43. The van der Waals surface area contributed by atoms with Gasteiger partial charge in [-0.15, -0.1) is 0 Å². The lowest BCUT2D eigenvalue weighted by molar-refractivity contribution is 0.0212. The second-order valence-corrected chi connectivity index (χ2v) is 5.37. The molecule has 0 spiro atoms. The fourth-order valence-corrected chi connectivity index (χ4v) is 2.61. The number of hydrogen-bond donors (Lipinski definition) is 3. The minimum Gasteiger partial charge on any atom is -0.388 e. The molecule has 0 fully saturated rings.